The lowest BCUT2D eigenvalue weighted by molar-refractivity contribution is 0.402. The second-order valence-corrected chi connectivity index (χ2v) is 12.9. The average molecular weight is 648 g/mol. The molecule has 4 aromatic heterocycles. The maximum Gasteiger partial charge on any atom is 0.150 e. The molecule has 0 spiro atoms. The van der Waals surface area contributed by atoms with Crippen molar-refractivity contribution in [3.63, 3.8) is 0 Å². The van der Waals surface area contributed by atoms with Crippen LogP contribution in [0.15, 0.2) is 158 Å². The number of hydrogen-bond acceptors (Lipinski definition) is 2. The topological polar surface area (TPSA) is 40.6 Å². The summed E-state index contributed by atoms with van der Waals surface area (Å²) in [5, 5.41) is 4.53. The number of pyridine rings is 1. The molecule has 0 aliphatic heterocycles. The Kier molecular flexibility index (Phi) is 6.27. The zero-order valence-corrected chi connectivity index (χ0v) is 27.2. The van der Waals surface area contributed by atoms with Gasteiger partial charge in [0, 0.05) is 51.7 Å². The highest BCUT2D eigenvalue weighted by molar-refractivity contribution is 6.18. The molecule has 10 rings (SSSR count). The molecule has 0 bridgehead atoms. The summed E-state index contributed by atoms with van der Waals surface area (Å²) in [6.07, 6.45) is 0.490. The van der Waals surface area contributed by atoms with Gasteiger partial charge in [-0.3, -0.25) is 4.57 Å². The van der Waals surface area contributed by atoms with Gasteiger partial charge >= 0.3 is 0 Å². The van der Waals surface area contributed by atoms with E-state index in [0.29, 0.717) is 11.1 Å². The predicted molar refractivity (Wildman–Crippen MR) is 202 cm³/mol. The van der Waals surface area contributed by atoms with E-state index in [4.69, 9.17) is 9.97 Å². The first-order chi connectivity index (χ1) is 24.6. The fraction of sp³-hybridized carbons (Fsp3) is 0.0455. The van der Waals surface area contributed by atoms with Gasteiger partial charge in [-0.2, -0.15) is 0 Å². The van der Waals surface area contributed by atoms with E-state index in [-0.39, 0.29) is 0 Å². The lowest BCUT2D eigenvalue weighted by Gasteiger charge is -2.14. The molecule has 0 amide bonds. The third-order valence-corrected chi connectivity index (χ3v) is 9.98. The molecule has 50 heavy (non-hydrogen) atoms. The Balaban J connectivity index is 1.14. The van der Waals surface area contributed by atoms with E-state index < -0.39 is 6.17 Å². The maximum atomic E-state index is 16.6. The van der Waals surface area contributed by atoms with E-state index in [9.17, 15) is 0 Å². The highest BCUT2D eigenvalue weighted by Crippen LogP contribution is 2.40. The minimum Gasteiger partial charge on any atom is -0.327 e. The van der Waals surface area contributed by atoms with Crippen LogP contribution in [0.3, 0.4) is 0 Å². The van der Waals surface area contributed by atoms with Crippen LogP contribution in [-0.2, 0) is 7.05 Å². The molecular formula is C44H30FN5. The fourth-order valence-electron chi connectivity index (χ4n) is 7.67. The largest absolute Gasteiger partial charge is 0.327 e. The van der Waals surface area contributed by atoms with Gasteiger partial charge in [0.15, 0.2) is 6.17 Å². The van der Waals surface area contributed by atoms with E-state index >= 15 is 4.39 Å². The van der Waals surface area contributed by atoms with Crippen molar-refractivity contribution >= 4 is 54.8 Å². The number of para-hydroxylation sites is 4. The molecule has 0 radical (unpaired) electrons. The lowest BCUT2D eigenvalue weighted by Crippen LogP contribution is -2.00. The quantitative estimate of drug-likeness (QED) is 0.187. The number of alkyl halides is 1. The van der Waals surface area contributed by atoms with Crippen LogP contribution in [0.25, 0.3) is 77.5 Å². The summed E-state index contributed by atoms with van der Waals surface area (Å²) in [7, 11) is 2.00. The Morgan fingerprint density at radius 3 is 2.06 bits per heavy atom. The zero-order valence-electron chi connectivity index (χ0n) is 27.2. The van der Waals surface area contributed by atoms with Gasteiger partial charge in [0.1, 0.15) is 11.5 Å². The van der Waals surface area contributed by atoms with E-state index in [0.717, 1.165) is 66.8 Å². The van der Waals surface area contributed by atoms with Crippen molar-refractivity contribution < 1.29 is 4.39 Å². The van der Waals surface area contributed by atoms with Crippen molar-refractivity contribution in [1.29, 1.82) is 0 Å². The van der Waals surface area contributed by atoms with E-state index in [1.165, 1.54) is 10.8 Å². The summed E-state index contributed by atoms with van der Waals surface area (Å²) in [6, 6.07) is 51.2. The summed E-state index contributed by atoms with van der Waals surface area (Å²) >= 11 is 0. The Morgan fingerprint density at radius 2 is 1.20 bits per heavy atom. The van der Waals surface area contributed by atoms with Crippen molar-refractivity contribution in [3.8, 4) is 22.8 Å². The second kappa shape index (κ2) is 11.0. The Bertz CT molecular complexity index is 2910. The van der Waals surface area contributed by atoms with Crippen LogP contribution in [0.1, 0.15) is 17.3 Å². The van der Waals surface area contributed by atoms with Crippen molar-refractivity contribution in [2.75, 3.05) is 0 Å². The third-order valence-electron chi connectivity index (χ3n) is 9.98. The van der Waals surface area contributed by atoms with E-state index in [1.54, 1.807) is 0 Å². The monoisotopic (exact) mass is 647 g/mol. The summed E-state index contributed by atoms with van der Waals surface area (Å²) in [5.74, 6) is 0.810. The SMILES string of the molecule is Cn1c(-c2cccc(C(F)c3cccc(-n4c5cc6c(cc5c5cccnc54)c4ccccc4n6-c4ccccc4)c3)c2)nc2ccccc21. The molecule has 0 aliphatic rings. The molecule has 1 atom stereocenters. The second-order valence-electron chi connectivity index (χ2n) is 12.9. The molecule has 238 valence electrons. The maximum absolute atomic E-state index is 16.6. The average Bonchev–Trinajstić information content (AvgIpc) is 3.81. The molecule has 0 N–H and O–H groups in total. The highest BCUT2D eigenvalue weighted by atomic mass is 19.1. The van der Waals surface area contributed by atoms with Gasteiger partial charge in [-0.05, 0) is 83.9 Å². The van der Waals surface area contributed by atoms with Crippen molar-refractivity contribution in [2.24, 2.45) is 7.05 Å². The molecule has 0 saturated carbocycles. The number of imidazole rings is 1. The van der Waals surface area contributed by atoms with Crippen LogP contribution >= 0.6 is 0 Å². The number of fused-ring (bicyclic) bond motifs is 7. The number of rotatable bonds is 5. The minimum atomic E-state index is -1.34. The van der Waals surface area contributed by atoms with Crippen molar-refractivity contribution in [1.82, 2.24) is 23.7 Å². The van der Waals surface area contributed by atoms with Gasteiger partial charge in [-0.1, -0.05) is 78.9 Å². The predicted octanol–water partition coefficient (Wildman–Crippen LogP) is 10.9. The molecular weight excluding hydrogens is 618 g/mol. The molecule has 1 unspecified atom stereocenters. The van der Waals surface area contributed by atoms with Crippen LogP contribution in [0.4, 0.5) is 4.39 Å². The lowest BCUT2D eigenvalue weighted by atomic mass is 10.00. The Labute approximate surface area is 287 Å². The normalized spacial score (nSPS) is 12.5. The molecule has 0 fully saturated rings. The first kappa shape index (κ1) is 28.5. The van der Waals surface area contributed by atoms with Crippen LogP contribution in [0.5, 0.6) is 0 Å². The molecule has 0 saturated heterocycles. The summed E-state index contributed by atoms with van der Waals surface area (Å²) in [6.45, 7) is 0. The van der Waals surface area contributed by atoms with Gasteiger partial charge in [-0.15, -0.1) is 0 Å². The van der Waals surface area contributed by atoms with Crippen LogP contribution in [-0.4, -0.2) is 23.7 Å². The van der Waals surface area contributed by atoms with Gasteiger partial charge < -0.3 is 9.13 Å². The first-order valence-electron chi connectivity index (χ1n) is 16.8. The van der Waals surface area contributed by atoms with Crippen molar-refractivity contribution in [2.45, 2.75) is 6.17 Å². The molecule has 6 heteroatoms. The number of hydrogen-bond donors (Lipinski definition) is 0. The molecule has 10 aromatic rings. The molecule has 5 nitrogen and oxygen atoms in total. The standard InChI is InChI=1S/C44H30FN5/c1-48-39-22-8-6-20-37(39)47-43(48)30-14-9-12-28(24-30)42(45)29-13-10-17-32(25-29)50-41-27-40-35(26-36(41)34-19-11-23-46-44(34)50)33-18-5-7-21-38(33)49(40)31-15-3-2-4-16-31/h2-27,42H,1H3. The zero-order chi connectivity index (χ0) is 33.3. The Morgan fingerprint density at radius 1 is 0.520 bits per heavy atom. The molecule has 4 heterocycles. The first-order valence-corrected chi connectivity index (χ1v) is 16.8. The van der Waals surface area contributed by atoms with E-state index in [1.807, 2.05) is 92.1 Å². The highest BCUT2D eigenvalue weighted by Gasteiger charge is 2.21. The van der Waals surface area contributed by atoms with Crippen LogP contribution in [0, 0.1) is 0 Å². The fourth-order valence-corrected chi connectivity index (χ4v) is 7.67. The molecule has 0 aliphatic carbocycles. The smallest absolute Gasteiger partial charge is 0.150 e. The third kappa shape index (κ3) is 4.25. The number of halogens is 1. The van der Waals surface area contributed by atoms with Crippen LogP contribution in [0.2, 0.25) is 0 Å². The Hall–Kier alpha value is -6.53. The number of benzene rings is 6. The van der Waals surface area contributed by atoms with Gasteiger partial charge in [-0.25, -0.2) is 14.4 Å². The van der Waals surface area contributed by atoms with Gasteiger partial charge in [0.05, 0.1) is 27.6 Å². The van der Waals surface area contributed by atoms with Gasteiger partial charge in [0.25, 0.3) is 0 Å². The molecule has 6 aromatic carbocycles. The minimum absolute atomic E-state index is 0.579. The van der Waals surface area contributed by atoms with Gasteiger partial charge in [0.2, 0.25) is 0 Å². The summed E-state index contributed by atoms with van der Waals surface area (Å²) in [4.78, 5) is 9.72. The number of aromatic nitrogens is 5. The summed E-state index contributed by atoms with van der Waals surface area (Å²) in [5.41, 5.74) is 10.1. The van der Waals surface area contributed by atoms with Crippen LogP contribution < -0.4 is 0 Å². The number of nitrogens with zero attached hydrogens (tertiary/aromatic N) is 5. The van der Waals surface area contributed by atoms with Crippen molar-refractivity contribution in [3.05, 3.63) is 169 Å². The number of aryl methyl sites for hydroxylation is 1. The van der Waals surface area contributed by atoms with E-state index in [2.05, 4.69) is 86.5 Å². The summed E-state index contributed by atoms with van der Waals surface area (Å²) < 4.78 is 23.2.